The summed E-state index contributed by atoms with van der Waals surface area (Å²) in [5.74, 6) is -1.25. The fourth-order valence-corrected chi connectivity index (χ4v) is 2.26. The molecular formula is C18H15ClN2O7. The summed E-state index contributed by atoms with van der Waals surface area (Å²) < 4.78 is 9.76. The molecule has 0 fully saturated rings. The van der Waals surface area contributed by atoms with Crippen LogP contribution in [0.5, 0.6) is 11.5 Å². The topological polar surface area (TPSA) is 128 Å². The second-order valence-electron chi connectivity index (χ2n) is 5.34. The number of nitro benzene ring substituents is 1. The molecular weight excluding hydrogens is 392 g/mol. The Balaban J connectivity index is 1.89. The van der Waals surface area contributed by atoms with E-state index in [2.05, 4.69) is 5.32 Å². The number of benzene rings is 2. The minimum atomic E-state index is -0.774. The highest BCUT2D eigenvalue weighted by Gasteiger charge is 2.14. The van der Waals surface area contributed by atoms with Gasteiger partial charge in [-0.05, 0) is 35.9 Å². The smallest absolute Gasteiger partial charge is 0.331 e. The maximum Gasteiger partial charge on any atom is 0.331 e. The van der Waals surface area contributed by atoms with Gasteiger partial charge >= 0.3 is 5.97 Å². The lowest BCUT2D eigenvalue weighted by Gasteiger charge is -2.06. The minimum absolute atomic E-state index is 0.0404. The number of rotatable bonds is 7. The van der Waals surface area contributed by atoms with Crippen molar-refractivity contribution in [3.8, 4) is 11.5 Å². The first-order valence-electron chi connectivity index (χ1n) is 7.76. The molecule has 0 aliphatic carbocycles. The highest BCUT2D eigenvalue weighted by molar-refractivity contribution is 6.32. The van der Waals surface area contributed by atoms with Crippen molar-refractivity contribution in [1.82, 2.24) is 0 Å². The van der Waals surface area contributed by atoms with E-state index in [0.717, 1.165) is 12.1 Å². The van der Waals surface area contributed by atoms with Gasteiger partial charge in [0.05, 0.1) is 12.0 Å². The molecule has 0 saturated heterocycles. The number of nitrogens with zero attached hydrogens (tertiary/aromatic N) is 1. The van der Waals surface area contributed by atoms with E-state index in [-0.39, 0.29) is 27.9 Å². The maximum atomic E-state index is 11.8. The van der Waals surface area contributed by atoms with Gasteiger partial charge in [-0.1, -0.05) is 17.7 Å². The van der Waals surface area contributed by atoms with Crippen LogP contribution in [0.15, 0.2) is 42.5 Å². The van der Waals surface area contributed by atoms with Crippen LogP contribution in [0.25, 0.3) is 6.08 Å². The molecule has 146 valence electrons. The van der Waals surface area contributed by atoms with Crippen LogP contribution in [0.4, 0.5) is 11.4 Å². The molecule has 2 aromatic carbocycles. The summed E-state index contributed by atoms with van der Waals surface area (Å²) in [6.07, 6.45) is 2.52. The van der Waals surface area contributed by atoms with E-state index in [1.54, 1.807) is 6.07 Å². The van der Waals surface area contributed by atoms with E-state index >= 15 is 0 Å². The molecule has 0 aliphatic heterocycles. The summed E-state index contributed by atoms with van der Waals surface area (Å²) in [6, 6.07) is 8.23. The van der Waals surface area contributed by atoms with Crippen molar-refractivity contribution < 1.29 is 29.1 Å². The van der Waals surface area contributed by atoms with Crippen molar-refractivity contribution in [2.24, 2.45) is 0 Å². The quantitative estimate of drug-likeness (QED) is 0.313. The van der Waals surface area contributed by atoms with Crippen LogP contribution in [0.2, 0.25) is 5.02 Å². The third-order valence-corrected chi connectivity index (χ3v) is 3.71. The molecule has 0 heterocycles. The van der Waals surface area contributed by atoms with Gasteiger partial charge in [-0.2, -0.15) is 0 Å². The Morgan fingerprint density at radius 3 is 2.71 bits per heavy atom. The van der Waals surface area contributed by atoms with E-state index in [4.69, 9.17) is 21.1 Å². The van der Waals surface area contributed by atoms with E-state index in [1.165, 1.54) is 37.5 Å². The molecule has 28 heavy (non-hydrogen) atoms. The predicted molar refractivity (Wildman–Crippen MR) is 101 cm³/mol. The molecule has 0 unspecified atom stereocenters. The number of esters is 1. The van der Waals surface area contributed by atoms with Crippen LogP contribution < -0.4 is 10.1 Å². The van der Waals surface area contributed by atoms with Crippen molar-refractivity contribution >= 4 is 40.9 Å². The highest BCUT2D eigenvalue weighted by atomic mass is 35.5. The van der Waals surface area contributed by atoms with Crippen LogP contribution in [0, 0.1) is 10.1 Å². The Bertz CT molecular complexity index is 944. The number of hydrogen-bond donors (Lipinski definition) is 2. The summed E-state index contributed by atoms with van der Waals surface area (Å²) in [5.41, 5.74) is 0.358. The van der Waals surface area contributed by atoms with Gasteiger partial charge in [0.15, 0.2) is 18.1 Å². The number of ether oxygens (including phenoxy) is 2. The zero-order valence-electron chi connectivity index (χ0n) is 14.5. The number of halogens is 1. The molecule has 2 aromatic rings. The molecule has 9 nitrogen and oxygen atoms in total. The number of anilines is 1. The van der Waals surface area contributed by atoms with Gasteiger partial charge in [-0.3, -0.25) is 14.9 Å². The molecule has 10 heteroatoms. The van der Waals surface area contributed by atoms with Crippen molar-refractivity contribution in [3.63, 3.8) is 0 Å². The van der Waals surface area contributed by atoms with Gasteiger partial charge in [0, 0.05) is 17.8 Å². The zero-order chi connectivity index (χ0) is 20.7. The van der Waals surface area contributed by atoms with E-state index < -0.39 is 23.4 Å². The second-order valence-corrected chi connectivity index (χ2v) is 5.75. The number of carbonyl (C=O) groups excluding carboxylic acids is 2. The van der Waals surface area contributed by atoms with Gasteiger partial charge in [0.2, 0.25) is 0 Å². The van der Waals surface area contributed by atoms with Gasteiger partial charge in [0.25, 0.3) is 11.6 Å². The lowest BCUT2D eigenvalue weighted by Crippen LogP contribution is -2.20. The van der Waals surface area contributed by atoms with E-state index in [1.807, 2.05) is 0 Å². The summed E-state index contributed by atoms with van der Waals surface area (Å²) >= 11 is 5.69. The normalized spacial score (nSPS) is 10.5. The molecule has 2 N–H and O–H groups in total. The molecule has 2 rings (SSSR count). The summed E-state index contributed by atoms with van der Waals surface area (Å²) in [4.78, 5) is 33.7. The lowest BCUT2D eigenvalue weighted by molar-refractivity contribution is -0.384. The fraction of sp³-hybridized carbons (Fsp3) is 0.111. The number of carbonyl (C=O) groups is 2. The zero-order valence-corrected chi connectivity index (χ0v) is 15.3. The monoisotopic (exact) mass is 406 g/mol. The average Bonchev–Trinajstić information content (AvgIpc) is 2.67. The Morgan fingerprint density at radius 2 is 2.04 bits per heavy atom. The van der Waals surface area contributed by atoms with E-state index in [9.17, 15) is 24.8 Å². The first kappa shape index (κ1) is 20.7. The lowest BCUT2D eigenvalue weighted by atomic mass is 10.2. The SMILES string of the molecule is COc1cc(C=CC(=O)OCC(=O)Nc2ccc(Cl)c([N+](=O)[O-])c2)ccc1O. The predicted octanol–water partition coefficient (Wildman–Crippen LogP) is 3.16. The Kier molecular flexibility index (Phi) is 6.94. The minimum Gasteiger partial charge on any atom is -0.504 e. The molecule has 1 amide bonds. The van der Waals surface area contributed by atoms with Crippen LogP contribution >= 0.6 is 11.6 Å². The Morgan fingerprint density at radius 1 is 1.29 bits per heavy atom. The van der Waals surface area contributed by atoms with Crippen molar-refractivity contribution in [2.75, 3.05) is 19.0 Å². The summed E-state index contributed by atoms with van der Waals surface area (Å²) in [7, 11) is 1.39. The molecule has 0 aliphatic rings. The third-order valence-electron chi connectivity index (χ3n) is 3.39. The molecule has 0 bridgehead atoms. The number of phenolic OH excluding ortho intramolecular Hbond substituents is 1. The fourth-order valence-electron chi connectivity index (χ4n) is 2.07. The Labute approximate surface area is 164 Å². The van der Waals surface area contributed by atoms with Crippen LogP contribution in [0.1, 0.15) is 5.56 Å². The van der Waals surface area contributed by atoms with Crippen LogP contribution in [-0.2, 0) is 14.3 Å². The Hall–Kier alpha value is -3.59. The number of nitrogens with one attached hydrogen (secondary N) is 1. The molecule has 0 atom stereocenters. The van der Waals surface area contributed by atoms with Gasteiger partial charge in [0.1, 0.15) is 5.02 Å². The first-order valence-corrected chi connectivity index (χ1v) is 8.13. The highest BCUT2D eigenvalue weighted by Crippen LogP contribution is 2.28. The van der Waals surface area contributed by atoms with Gasteiger partial charge in [-0.25, -0.2) is 4.79 Å². The summed E-state index contributed by atoms with van der Waals surface area (Å²) in [6.45, 7) is -0.585. The average molecular weight is 407 g/mol. The van der Waals surface area contributed by atoms with Crippen LogP contribution in [-0.4, -0.2) is 35.6 Å². The molecule has 0 saturated carbocycles. The number of phenols is 1. The largest absolute Gasteiger partial charge is 0.504 e. The van der Waals surface area contributed by atoms with Crippen molar-refractivity contribution in [2.45, 2.75) is 0 Å². The number of nitro groups is 1. The number of methoxy groups -OCH3 is 1. The van der Waals surface area contributed by atoms with Crippen molar-refractivity contribution in [3.05, 3.63) is 63.2 Å². The van der Waals surface area contributed by atoms with Gasteiger partial charge in [-0.15, -0.1) is 0 Å². The maximum absolute atomic E-state index is 11.8. The number of hydrogen-bond acceptors (Lipinski definition) is 7. The number of aromatic hydroxyl groups is 1. The third kappa shape index (κ3) is 5.71. The van der Waals surface area contributed by atoms with Crippen LogP contribution in [0.3, 0.4) is 0 Å². The van der Waals surface area contributed by atoms with Crippen molar-refractivity contribution in [1.29, 1.82) is 0 Å². The standard InChI is InChI=1S/C18H15ClN2O7/c1-27-16-8-11(2-6-15(16)22)3-7-18(24)28-10-17(23)20-12-4-5-13(19)14(9-12)21(25)26/h2-9,22H,10H2,1H3,(H,20,23). The molecule has 0 aromatic heterocycles. The summed E-state index contributed by atoms with van der Waals surface area (Å²) in [5, 5.41) is 22.6. The second kappa shape index (κ2) is 9.38. The number of amides is 1. The van der Waals surface area contributed by atoms with Gasteiger partial charge < -0.3 is 19.9 Å². The van der Waals surface area contributed by atoms with E-state index in [0.29, 0.717) is 5.56 Å². The molecule has 0 spiro atoms. The first-order chi connectivity index (χ1) is 13.3. The molecule has 0 radical (unpaired) electrons.